The summed E-state index contributed by atoms with van der Waals surface area (Å²) < 4.78 is 65.3. The summed E-state index contributed by atoms with van der Waals surface area (Å²) in [4.78, 5) is 11.1. The summed E-state index contributed by atoms with van der Waals surface area (Å²) in [7, 11) is -4.43. The van der Waals surface area contributed by atoms with Gasteiger partial charge in [-0.2, -0.15) is 13.2 Å². The molecule has 10 heteroatoms. The van der Waals surface area contributed by atoms with Gasteiger partial charge in [0.15, 0.2) is 0 Å². The zero-order valence-corrected chi connectivity index (χ0v) is 15.7. The van der Waals surface area contributed by atoms with Gasteiger partial charge < -0.3 is 5.32 Å². The maximum Gasteiger partial charge on any atom is 0.417 e. The number of hydrogen-bond acceptors (Lipinski definition) is 3. The van der Waals surface area contributed by atoms with Crippen molar-refractivity contribution >= 4 is 33.2 Å². The van der Waals surface area contributed by atoms with Gasteiger partial charge in [-0.3, -0.25) is 4.79 Å². The Morgan fingerprint density at radius 1 is 1.11 bits per heavy atom. The Labute approximate surface area is 159 Å². The van der Waals surface area contributed by atoms with Gasteiger partial charge in [-0.15, -0.1) is 0 Å². The molecular formula is C17H16ClF3N2O3S. The molecule has 0 spiro atoms. The van der Waals surface area contributed by atoms with Gasteiger partial charge in [0.2, 0.25) is 15.9 Å². The molecule has 1 amide bonds. The number of alkyl halides is 3. The molecule has 27 heavy (non-hydrogen) atoms. The average molecular weight is 421 g/mol. The zero-order valence-electron chi connectivity index (χ0n) is 14.1. The molecule has 0 fully saturated rings. The Bertz CT molecular complexity index is 947. The second-order valence-corrected chi connectivity index (χ2v) is 7.74. The summed E-state index contributed by atoms with van der Waals surface area (Å²) in [6, 6.07) is 8.76. The number of amides is 1. The molecule has 0 aliphatic carbocycles. The highest BCUT2D eigenvalue weighted by molar-refractivity contribution is 7.89. The molecule has 2 aromatic rings. The predicted molar refractivity (Wildman–Crippen MR) is 96.1 cm³/mol. The summed E-state index contributed by atoms with van der Waals surface area (Å²) in [6.45, 7) is 1.34. The van der Waals surface area contributed by atoms with E-state index in [0.717, 1.165) is 12.1 Å². The van der Waals surface area contributed by atoms with Crippen molar-refractivity contribution in [1.82, 2.24) is 4.72 Å². The van der Waals surface area contributed by atoms with Crippen LogP contribution in [0.4, 0.5) is 18.9 Å². The van der Waals surface area contributed by atoms with Gasteiger partial charge in [-0.1, -0.05) is 29.8 Å². The summed E-state index contributed by atoms with van der Waals surface area (Å²) >= 11 is 5.95. The van der Waals surface area contributed by atoms with Crippen LogP contribution in [0.5, 0.6) is 0 Å². The fraction of sp³-hybridized carbons (Fsp3) is 0.235. The molecule has 0 saturated carbocycles. The van der Waals surface area contributed by atoms with E-state index in [-0.39, 0.29) is 13.0 Å². The number of benzene rings is 2. The lowest BCUT2D eigenvalue weighted by molar-refractivity contribution is -0.139. The number of halogens is 4. The molecule has 0 aliphatic heterocycles. The fourth-order valence-electron chi connectivity index (χ4n) is 2.27. The van der Waals surface area contributed by atoms with E-state index in [0.29, 0.717) is 22.3 Å². The van der Waals surface area contributed by atoms with E-state index in [4.69, 9.17) is 11.6 Å². The molecule has 2 aromatic carbocycles. The Hall–Kier alpha value is -2.10. The van der Waals surface area contributed by atoms with Crippen molar-refractivity contribution in [2.75, 3.05) is 11.9 Å². The van der Waals surface area contributed by atoms with Crippen molar-refractivity contribution in [3.05, 3.63) is 58.6 Å². The minimum absolute atomic E-state index is 0.265. The number of carbonyl (C=O) groups excluding carboxylic acids is 1. The summed E-state index contributed by atoms with van der Waals surface area (Å²) in [6.07, 6.45) is -5.08. The number of anilines is 1. The Morgan fingerprint density at radius 3 is 2.44 bits per heavy atom. The van der Waals surface area contributed by atoms with Crippen molar-refractivity contribution in [2.24, 2.45) is 0 Å². The third-order valence-electron chi connectivity index (χ3n) is 3.67. The number of nitrogens with one attached hydrogen (secondary N) is 2. The first-order chi connectivity index (χ1) is 12.5. The molecule has 0 atom stereocenters. The van der Waals surface area contributed by atoms with E-state index in [1.54, 1.807) is 25.1 Å². The van der Waals surface area contributed by atoms with Crippen LogP contribution in [0.15, 0.2) is 47.4 Å². The second-order valence-electron chi connectivity index (χ2n) is 5.60. The minimum atomic E-state index is -4.81. The van der Waals surface area contributed by atoms with Gasteiger partial charge in [0.25, 0.3) is 0 Å². The van der Waals surface area contributed by atoms with E-state index in [1.807, 2.05) is 4.72 Å². The third-order valence-corrected chi connectivity index (χ3v) is 5.60. The van der Waals surface area contributed by atoms with Crippen LogP contribution in [0.2, 0.25) is 5.02 Å². The van der Waals surface area contributed by atoms with Crippen molar-refractivity contribution in [3.8, 4) is 0 Å². The van der Waals surface area contributed by atoms with Crippen LogP contribution in [-0.4, -0.2) is 20.9 Å². The first kappa shape index (κ1) is 21.2. The van der Waals surface area contributed by atoms with E-state index in [9.17, 15) is 26.4 Å². The molecule has 5 nitrogen and oxygen atoms in total. The van der Waals surface area contributed by atoms with Crippen molar-refractivity contribution in [3.63, 3.8) is 0 Å². The molecular weight excluding hydrogens is 405 g/mol. The molecule has 0 aliphatic rings. The molecule has 2 N–H and O–H groups in total. The molecule has 0 saturated heterocycles. The van der Waals surface area contributed by atoms with Gasteiger partial charge in [0.1, 0.15) is 0 Å². The lowest BCUT2D eigenvalue weighted by Gasteiger charge is -2.14. The monoisotopic (exact) mass is 420 g/mol. The first-order valence-corrected chi connectivity index (χ1v) is 9.59. The van der Waals surface area contributed by atoms with E-state index < -0.39 is 32.6 Å². The Kier molecular flexibility index (Phi) is 6.50. The highest BCUT2D eigenvalue weighted by Gasteiger charge is 2.36. The van der Waals surface area contributed by atoms with Gasteiger partial charge >= 0.3 is 6.18 Å². The topological polar surface area (TPSA) is 75.3 Å². The van der Waals surface area contributed by atoms with Gasteiger partial charge in [-0.05, 0) is 36.8 Å². The largest absolute Gasteiger partial charge is 0.417 e. The summed E-state index contributed by atoms with van der Waals surface area (Å²) in [5.41, 5.74) is -0.151. The fourth-order valence-corrected chi connectivity index (χ4v) is 3.70. The summed E-state index contributed by atoms with van der Waals surface area (Å²) in [5, 5.41) is 3.03. The van der Waals surface area contributed by atoms with Gasteiger partial charge in [0, 0.05) is 23.7 Å². The molecule has 0 aromatic heterocycles. The van der Waals surface area contributed by atoms with Crippen LogP contribution >= 0.6 is 11.6 Å². The quantitative estimate of drug-likeness (QED) is 0.742. The first-order valence-electron chi connectivity index (χ1n) is 7.73. The predicted octanol–water partition coefficient (Wildman–Crippen LogP) is 3.97. The normalized spacial score (nSPS) is 12.0. The van der Waals surface area contributed by atoms with Crippen LogP contribution in [0.1, 0.15) is 17.5 Å². The highest BCUT2D eigenvalue weighted by atomic mass is 35.5. The third kappa shape index (κ3) is 5.44. The maximum absolute atomic E-state index is 13.0. The van der Waals surface area contributed by atoms with Gasteiger partial charge in [-0.25, -0.2) is 13.1 Å². The summed E-state index contributed by atoms with van der Waals surface area (Å²) in [5.74, 6) is -0.507. The average Bonchev–Trinajstić information content (AvgIpc) is 2.58. The Morgan fingerprint density at radius 2 is 1.78 bits per heavy atom. The van der Waals surface area contributed by atoms with Crippen LogP contribution in [-0.2, 0) is 21.0 Å². The second kappa shape index (κ2) is 8.28. The number of carbonyl (C=O) groups is 1. The van der Waals surface area contributed by atoms with Crippen LogP contribution in [0.3, 0.4) is 0 Å². The molecule has 146 valence electrons. The van der Waals surface area contributed by atoms with Crippen LogP contribution in [0, 0.1) is 6.92 Å². The highest BCUT2D eigenvalue weighted by Crippen LogP contribution is 2.33. The van der Waals surface area contributed by atoms with E-state index >= 15 is 0 Å². The lowest BCUT2D eigenvalue weighted by atomic mass is 10.2. The lowest BCUT2D eigenvalue weighted by Crippen LogP contribution is -2.29. The Balaban J connectivity index is 2.02. The van der Waals surface area contributed by atoms with E-state index in [1.165, 1.54) is 6.07 Å². The SMILES string of the molecule is Cc1c(Cl)cccc1NC(=O)CCNS(=O)(=O)c1ccccc1C(F)(F)F. The zero-order chi connectivity index (χ0) is 20.2. The minimum Gasteiger partial charge on any atom is -0.326 e. The standard InChI is InChI=1S/C17H16ClF3N2O3S/c1-11-13(18)6-4-7-14(11)23-16(24)9-10-22-27(25,26)15-8-3-2-5-12(15)17(19,20)21/h2-8,22H,9-10H2,1H3,(H,23,24). The van der Waals surface area contributed by atoms with Gasteiger partial charge in [0.05, 0.1) is 10.5 Å². The number of sulfonamides is 1. The van der Waals surface area contributed by atoms with Crippen molar-refractivity contribution in [2.45, 2.75) is 24.4 Å². The maximum atomic E-state index is 13.0. The smallest absolute Gasteiger partial charge is 0.326 e. The van der Waals surface area contributed by atoms with E-state index in [2.05, 4.69) is 5.32 Å². The molecule has 0 radical (unpaired) electrons. The number of hydrogen-bond donors (Lipinski definition) is 2. The van der Waals surface area contributed by atoms with Crippen molar-refractivity contribution < 1.29 is 26.4 Å². The van der Waals surface area contributed by atoms with Crippen LogP contribution < -0.4 is 10.0 Å². The van der Waals surface area contributed by atoms with Crippen LogP contribution in [0.25, 0.3) is 0 Å². The van der Waals surface area contributed by atoms with Crippen molar-refractivity contribution in [1.29, 1.82) is 0 Å². The number of rotatable bonds is 6. The molecule has 0 bridgehead atoms. The molecule has 2 rings (SSSR count). The molecule has 0 heterocycles. The molecule has 0 unspecified atom stereocenters.